The Kier molecular flexibility index (Phi) is 7.76. The number of hydrogen-bond acceptors (Lipinski definition) is 3. The fraction of sp³-hybridized carbons (Fsp3) is 0.667. The normalized spacial score (nSPS) is 13.0. The van der Waals surface area contributed by atoms with Gasteiger partial charge in [-0.15, -0.1) is 0 Å². The molecule has 0 aliphatic carbocycles. The molecule has 0 aliphatic heterocycles. The van der Waals surface area contributed by atoms with Crippen LogP contribution >= 0.6 is 0 Å². The van der Waals surface area contributed by atoms with Crippen molar-refractivity contribution in [1.82, 2.24) is 4.90 Å². The smallest absolute Gasteiger partial charge is 0.123 e. The van der Waals surface area contributed by atoms with E-state index in [0.29, 0.717) is 6.04 Å². The molecular weight excluding hydrogens is 262 g/mol. The Hall–Kier alpha value is -1.06. The maximum Gasteiger partial charge on any atom is 0.123 e. The van der Waals surface area contributed by atoms with Gasteiger partial charge in [-0.25, -0.2) is 0 Å². The summed E-state index contributed by atoms with van der Waals surface area (Å²) in [5.41, 5.74) is 2.10. The van der Waals surface area contributed by atoms with Gasteiger partial charge < -0.3 is 9.84 Å². The molecule has 3 heteroatoms. The number of methoxy groups -OCH3 is 1. The molecule has 0 spiro atoms. The summed E-state index contributed by atoms with van der Waals surface area (Å²) in [6, 6.07) is 6.46. The van der Waals surface area contributed by atoms with Crippen LogP contribution in [-0.4, -0.2) is 29.7 Å². The molecule has 1 unspecified atom stereocenters. The molecule has 21 heavy (non-hydrogen) atoms. The second-order valence-electron chi connectivity index (χ2n) is 6.02. The minimum atomic E-state index is -0.442. The van der Waals surface area contributed by atoms with Crippen molar-refractivity contribution in [2.45, 2.75) is 65.6 Å². The lowest BCUT2D eigenvalue weighted by molar-refractivity contribution is 0.196. The van der Waals surface area contributed by atoms with Crippen molar-refractivity contribution in [3.8, 4) is 5.75 Å². The Morgan fingerprint density at radius 3 is 2.43 bits per heavy atom. The minimum Gasteiger partial charge on any atom is -0.496 e. The third-order valence-electron chi connectivity index (χ3n) is 3.94. The van der Waals surface area contributed by atoms with Crippen LogP contribution in [0.2, 0.25) is 0 Å². The number of ether oxygens (including phenoxy) is 1. The Balaban J connectivity index is 2.87. The summed E-state index contributed by atoms with van der Waals surface area (Å²) in [5, 5.41) is 9.77. The average molecular weight is 293 g/mol. The molecule has 0 saturated heterocycles. The first-order valence-corrected chi connectivity index (χ1v) is 8.08. The predicted octanol–water partition coefficient (Wildman–Crippen LogP) is 4.15. The third-order valence-corrected chi connectivity index (χ3v) is 3.94. The monoisotopic (exact) mass is 293 g/mol. The largest absolute Gasteiger partial charge is 0.496 e. The highest BCUT2D eigenvalue weighted by Crippen LogP contribution is 2.25. The summed E-state index contributed by atoms with van der Waals surface area (Å²) < 4.78 is 5.48. The van der Waals surface area contributed by atoms with E-state index in [1.54, 1.807) is 14.0 Å². The van der Waals surface area contributed by atoms with Crippen LogP contribution in [0.25, 0.3) is 0 Å². The lowest BCUT2D eigenvalue weighted by Gasteiger charge is -2.27. The van der Waals surface area contributed by atoms with Gasteiger partial charge in [-0.05, 0) is 51.4 Å². The van der Waals surface area contributed by atoms with E-state index in [9.17, 15) is 5.11 Å². The van der Waals surface area contributed by atoms with Crippen molar-refractivity contribution in [3.05, 3.63) is 29.3 Å². The van der Waals surface area contributed by atoms with Gasteiger partial charge in [0.05, 0.1) is 13.2 Å². The van der Waals surface area contributed by atoms with Gasteiger partial charge in [-0.2, -0.15) is 0 Å². The van der Waals surface area contributed by atoms with Crippen molar-refractivity contribution in [2.75, 3.05) is 13.7 Å². The zero-order chi connectivity index (χ0) is 15.8. The molecule has 1 rings (SSSR count). The van der Waals surface area contributed by atoms with Crippen LogP contribution in [0.1, 0.15) is 64.2 Å². The van der Waals surface area contributed by atoms with Gasteiger partial charge in [0.1, 0.15) is 5.75 Å². The lowest BCUT2D eigenvalue weighted by Crippen LogP contribution is -2.31. The number of nitrogens with zero attached hydrogens (tertiary/aromatic N) is 1. The molecule has 0 amide bonds. The molecule has 1 atom stereocenters. The van der Waals surface area contributed by atoms with E-state index >= 15 is 0 Å². The van der Waals surface area contributed by atoms with Crippen molar-refractivity contribution in [2.24, 2.45) is 0 Å². The second kappa shape index (κ2) is 9.06. The summed E-state index contributed by atoms with van der Waals surface area (Å²) in [5.74, 6) is 0.903. The Morgan fingerprint density at radius 2 is 1.90 bits per heavy atom. The number of unbranched alkanes of at least 4 members (excludes halogenated alkanes) is 2. The molecule has 0 radical (unpaired) electrons. The third kappa shape index (κ3) is 5.68. The predicted molar refractivity (Wildman–Crippen MR) is 88.7 cm³/mol. The number of aliphatic hydroxyl groups is 1. The van der Waals surface area contributed by atoms with Crippen LogP contribution in [0.15, 0.2) is 18.2 Å². The Morgan fingerprint density at radius 1 is 1.19 bits per heavy atom. The zero-order valence-electron chi connectivity index (χ0n) is 14.2. The van der Waals surface area contributed by atoms with E-state index < -0.39 is 6.10 Å². The molecule has 0 aromatic heterocycles. The first-order chi connectivity index (χ1) is 9.99. The van der Waals surface area contributed by atoms with Crippen LogP contribution in [0, 0.1) is 0 Å². The SMILES string of the molecule is CCCCCN(Cc1cc(C(C)O)ccc1OC)C(C)C. The molecule has 1 aromatic carbocycles. The van der Waals surface area contributed by atoms with E-state index in [1.165, 1.54) is 19.3 Å². The Labute approximate surface area is 129 Å². The van der Waals surface area contributed by atoms with E-state index in [1.807, 2.05) is 12.1 Å². The van der Waals surface area contributed by atoms with Gasteiger partial charge in [0, 0.05) is 18.2 Å². The minimum absolute atomic E-state index is 0.442. The first-order valence-electron chi connectivity index (χ1n) is 8.08. The van der Waals surface area contributed by atoms with E-state index in [2.05, 4.69) is 31.7 Å². The van der Waals surface area contributed by atoms with Crippen molar-refractivity contribution in [3.63, 3.8) is 0 Å². The van der Waals surface area contributed by atoms with Crippen LogP contribution in [-0.2, 0) is 6.54 Å². The van der Waals surface area contributed by atoms with Crippen LogP contribution in [0.4, 0.5) is 0 Å². The Bertz CT molecular complexity index is 416. The van der Waals surface area contributed by atoms with Gasteiger partial charge in [0.15, 0.2) is 0 Å². The number of aliphatic hydroxyl groups excluding tert-OH is 1. The summed E-state index contributed by atoms with van der Waals surface area (Å²) in [6.07, 6.45) is 3.30. The summed E-state index contributed by atoms with van der Waals surface area (Å²) in [6.45, 7) is 10.5. The molecule has 0 bridgehead atoms. The topological polar surface area (TPSA) is 32.7 Å². The van der Waals surface area contributed by atoms with Crippen LogP contribution < -0.4 is 4.74 Å². The molecule has 0 saturated carbocycles. The molecular formula is C18H31NO2. The van der Waals surface area contributed by atoms with E-state index in [-0.39, 0.29) is 0 Å². The number of benzene rings is 1. The zero-order valence-corrected chi connectivity index (χ0v) is 14.2. The summed E-state index contributed by atoms with van der Waals surface area (Å²) in [4.78, 5) is 2.47. The number of hydrogen-bond donors (Lipinski definition) is 1. The summed E-state index contributed by atoms with van der Waals surface area (Å²) in [7, 11) is 1.71. The maximum atomic E-state index is 9.77. The van der Waals surface area contributed by atoms with Gasteiger partial charge in [-0.1, -0.05) is 25.8 Å². The molecule has 120 valence electrons. The highest BCUT2D eigenvalue weighted by atomic mass is 16.5. The fourth-order valence-corrected chi connectivity index (χ4v) is 2.49. The van der Waals surface area contributed by atoms with E-state index in [0.717, 1.165) is 30.0 Å². The standard InChI is InChI=1S/C18H31NO2/c1-6-7-8-11-19(14(2)3)13-17-12-16(15(4)20)9-10-18(17)21-5/h9-10,12,14-15,20H,6-8,11,13H2,1-5H3. The van der Waals surface area contributed by atoms with Crippen molar-refractivity contribution < 1.29 is 9.84 Å². The molecule has 1 aromatic rings. The van der Waals surface area contributed by atoms with E-state index in [4.69, 9.17) is 4.74 Å². The van der Waals surface area contributed by atoms with Gasteiger partial charge in [0.25, 0.3) is 0 Å². The van der Waals surface area contributed by atoms with Gasteiger partial charge >= 0.3 is 0 Å². The van der Waals surface area contributed by atoms with Crippen molar-refractivity contribution in [1.29, 1.82) is 0 Å². The second-order valence-corrected chi connectivity index (χ2v) is 6.02. The average Bonchev–Trinajstić information content (AvgIpc) is 2.45. The first kappa shape index (κ1) is 18.0. The van der Waals surface area contributed by atoms with Gasteiger partial charge in [0.2, 0.25) is 0 Å². The highest BCUT2D eigenvalue weighted by molar-refractivity contribution is 5.38. The van der Waals surface area contributed by atoms with Crippen LogP contribution in [0.3, 0.4) is 0 Å². The fourth-order valence-electron chi connectivity index (χ4n) is 2.49. The van der Waals surface area contributed by atoms with Crippen LogP contribution in [0.5, 0.6) is 5.75 Å². The molecule has 0 fully saturated rings. The quantitative estimate of drug-likeness (QED) is 0.694. The molecule has 3 nitrogen and oxygen atoms in total. The number of rotatable bonds is 9. The molecule has 0 heterocycles. The maximum absolute atomic E-state index is 9.77. The lowest BCUT2D eigenvalue weighted by atomic mass is 10.0. The van der Waals surface area contributed by atoms with Gasteiger partial charge in [-0.3, -0.25) is 4.90 Å². The summed E-state index contributed by atoms with van der Waals surface area (Å²) >= 11 is 0. The molecule has 0 aliphatic rings. The van der Waals surface area contributed by atoms with Crippen molar-refractivity contribution >= 4 is 0 Å². The highest BCUT2D eigenvalue weighted by Gasteiger charge is 2.14. The molecule has 1 N–H and O–H groups in total.